The largest absolute Gasteiger partial charge is 0.330 e. The molecule has 0 amide bonds. The van der Waals surface area contributed by atoms with E-state index in [-0.39, 0.29) is 5.41 Å². The highest BCUT2D eigenvalue weighted by Crippen LogP contribution is 2.39. The molecule has 0 aliphatic rings. The molecule has 0 aliphatic carbocycles. The van der Waals surface area contributed by atoms with Gasteiger partial charge in [-0.15, -0.1) is 0 Å². The Labute approximate surface area is 112 Å². The van der Waals surface area contributed by atoms with Crippen molar-refractivity contribution >= 4 is 0 Å². The number of aryl methyl sites for hydroxylation is 1. The molecular weight excluding hydrogens is 220 g/mol. The van der Waals surface area contributed by atoms with Crippen LogP contribution in [0.25, 0.3) is 0 Å². The molecule has 102 valence electrons. The predicted octanol–water partition coefficient (Wildman–Crippen LogP) is 3.23. The summed E-state index contributed by atoms with van der Waals surface area (Å²) in [6, 6.07) is 9.42. The number of rotatable bonds is 6. The van der Waals surface area contributed by atoms with Crippen LogP contribution < -0.4 is 5.73 Å². The van der Waals surface area contributed by atoms with Crippen molar-refractivity contribution in [3.05, 3.63) is 35.4 Å². The summed E-state index contributed by atoms with van der Waals surface area (Å²) < 4.78 is 0. The van der Waals surface area contributed by atoms with Crippen molar-refractivity contribution in [2.75, 3.05) is 20.6 Å². The zero-order chi connectivity index (χ0) is 13.8. The molecule has 2 nitrogen and oxygen atoms in total. The molecule has 0 bridgehead atoms. The van der Waals surface area contributed by atoms with Gasteiger partial charge in [-0.25, -0.2) is 0 Å². The standard InChI is InChI=1S/C16H28N2/c1-6-13-7-9-14(10-8-13)15(18(4)5)16(2,3)11-12-17/h7-10,15H,6,11-12,17H2,1-5H3. The molecule has 0 fully saturated rings. The van der Waals surface area contributed by atoms with Crippen molar-refractivity contribution in [3.63, 3.8) is 0 Å². The highest BCUT2D eigenvalue weighted by atomic mass is 15.1. The summed E-state index contributed by atoms with van der Waals surface area (Å²) in [4.78, 5) is 2.30. The Kier molecular flexibility index (Phi) is 5.36. The average molecular weight is 248 g/mol. The van der Waals surface area contributed by atoms with Crippen molar-refractivity contribution in [2.45, 2.75) is 39.7 Å². The molecule has 0 aliphatic heterocycles. The highest BCUT2D eigenvalue weighted by Gasteiger charge is 2.31. The lowest BCUT2D eigenvalue weighted by Gasteiger charge is -2.39. The van der Waals surface area contributed by atoms with Crippen molar-refractivity contribution in [1.29, 1.82) is 0 Å². The zero-order valence-electron chi connectivity index (χ0n) is 12.5. The monoisotopic (exact) mass is 248 g/mol. The van der Waals surface area contributed by atoms with E-state index in [2.05, 4.69) is 64.0 Å². The summed E-state index contributed by atoms with van der Waals surface area (Å²) in [6.45, 7) is 7.54. The summed E-state index contributed by atoms with van der Waals surface area (Å²) >= 11 is 0. The van der Waals surface area contributed by atoms with Gasteiger partial charge in [-0.2, -0.15) is 0 Å². The molecule has 1 rings (SSSR count). The van der Waals surface area contributed by atoms with Gasteiger partial charge in [0.05, 0.1) is 0 Å². The van der Waals surface area contributed by atoms with E-state index in [1.165, 1.54) is 11.1 Å². The lowest BCUT2D eigenvalue weighted by Crippen LogP contribution is -2.35. The van der Waals surface area contributed by atoms with Crippen LogP contribution in [0.4, 0.5) is 0 Å². The van der Waals surface area contributed by atoms with Crippen LogP contribution >= 0.6 is 0 Å². The Hall–Kier alpha value is -0.860. The topological polar surface area (TPSA) is 29.3 Å². The Morgan fingerprint density at radius 3 is 2.11 bits per heavy atom. The molecule has 1 unspecified atom stereocenters. The quantitative estimate of drug-likeness (QED) is 0.837. The molecule has 0 saturated heterocycles. The van der Waals surface area contributed by atoms with Gasteiger partial charge in [0.15, 0.2) is 0 Å². The number of hydrogen-bond donors (Lipinski definition) is 1. The first-order valence-electron chi connectivity index (χ1n) is 6.87. The number of nitrogens with two attached hydrogens (primary N) is 1. The molecule has 1 aromatic rings. The second-order valence-electron chi connectivity index (χ2n) is 5.99. The van der Waals surface area contributed by atoms with E-state index in [0.717, 1.165) is 19.4 Å². The van der Waals surface area contributed by atoms with Crippen LogP contribution in [-0.2, 0) is 6.42 Å². The molecule has 0 saturated carbocycles. The molecule has 1 aromatic carbocycles. The highest BCUT2D eigenvalue weighted by molar-refractivity contribution is 5.26. The molecule has 2 N–H and O–H groups in total. The summed E-state index contributed by atoms with van der Waals surface area (Å²) in [6.07, 6.45) is 2.13. The molecule has 0 radical (unpaired) electrons. The van der Waals surface area contributed by atoms with Crippen LogP contribution in [-0.4, -0.2) is 25.5 Å². The van der Waals surface area contributed by atoms with Gasteiger partial charge in [-0.3, -0.25) is 0 Å². The fourth-order valence-corrected chi connectivity index (χ4v) is 2.89. The van der Waals surface area contributed by atoms with E-state index in [1.807, 2.05) is 0 Å². The van der Waals surface area contributed by atoms with Crippen LogP contribution in [0.1, 0.15) is 44.4 Å². The fraction of sp³-hybridized carbons (Fsp3) is 0.625. The van der Waals surface area contributed by atoms with E-state index in [9.17, 15) is 0 Å². The third kappa shape index (κ3) is 3.56. The van der Waals surface area contributed by atoms with Gasteiger partial charge < -0.3 is 10.6 Å². The smallest absolute Gasteiger partial charge is 0.0393 e. The van der Waals surface area contributed by atoms with E-state index >= 15 is 0 Å². The third-order valence-electron chi connectivity index (χ3n) is 3.75. The van der Waals surface area contributed by atoms with Crippen LogP contribution in [0, 0.1) is 5.41 Å². The molecule has 2 heteroatoms. The van der Waals surface area contributed by atoms with Gasteiger partial charge in [0.1, 0.15) is 0 Å². The molecule has 1 atom stereocenters. The maximum absolute atomic E-state index is 5.76. The lowest BCUT2D eigenvalue weighted by molar-refractivity contribution is 0.128. The van der Waals surface area contributed by atoms with Gasteiger partial charge in [-0.05, 0) is 50.0 Å². The van der Waals surface area contributed by atoms with E-state index in [4.69, 9.17) is 5.73 Å². The Bertz CT molecular complexity index is 352. The first kappa shape index (κ1) is 15.2. The first-order chi connectivity index (χ1) is 8.42. The van der Waals surface area contributed by atoms with Gasteiger partial charge in [0, 0.05) is 6.04 Å². The SMILES string of the molecule is CCc1ccc(C(N(C)C)C(C)(C)CCN)cc1. The molecule has 0 aromatic heterocycles. The average Bonchev–Trinajstić information content (AvgIpc) is 2.29. The summed E-state index contributed by atoms with van der Waals surface area (Å²) in [7, 11) is 4.30. The van der Waals surface area contributed by atoms with Crippen LogP contribution in [0.3, 0.4) is 0 Å². The number of nitrogens with zero attached hydrogens (tertiary/aromatic N) is 1. The number of hydrogen-bond acceptors (Lipinski definition) is 2. The second-order valence-corrected chi connectivity index (χ2v) is 5.99. The maximum atomic E-state index is 5.76. The van der Waals surface area contributed by atoms with Gasteiger partial charge in [-0.1, -0.05) is 45.0 Å². The first-order valence-corrected chi connectivity index (χ1v) is 6.87. The van der Waals surface area contributed by atoms with Gasteiger partial charge in [0.25, 0.3) is 0 Å². The van der Waals surface area contributed by atoms with E-state index < -0.39 is 0 Å². The third-order valence-corrected chi connectivity index (χ3v) is 3.75. The minimum absolute atomic E-state index is 0.186. The van der Waals surface area contributed by atoms with Gasteiger partial charge >= 0.3 is 0 Å². The van der Waals surface area contributed by atoms with Crippen molar-refractivity contribution in [3.8, 4) is 0 Å². The van der Waals surface area contributed by atoms with Gasteiger partial charge in [0.2, 0.25) is 0 Å². The molecular formula is C16H28N2. The van der Waals surface area contributed by atoms with Crippen LogP contribution in [0.2, 0.25) is 0 Å². The summed E-state index contributed by atoms with van der Waals surface area (Å²) in [5, 5.41) is 0. The molecule has 0 spiro atoms. The van der Waals surface area contributed by atoms with Crippen LogP contribution in [0.15, 0.2) is 24.3 Å². The fourth-order valence-electron chi connectivity index (χ4n) is 2.89. The van der Waals surface area contributed by atoms with Crippen LogP contribution in [0.5, 0.6) is 0 Å². The van der Waals surface area contributed by atoms with E-state index in [0.29, 0.717) is 6.04 Å². The van der Waals surface area contributed by atoms with Crippen molar-refractivity contribution in [2.24, 2.45) is 11.1 Å². The Balaban J connectivity index is 3.04. The number of benzene rings is 1. The van der Waals surface area contributed by atoms with E-state index in [1.54, 1.807) is 0 Å². The Morgan fingerprint density at radius 1 is 1.17 bits per heavy atom. The molecule has 18 heavy (non-hydrogen) atoms. The summed E-state index contributed by atoms with van der Waals surface area (Å²) in [5.74, 6) is 0. The minimum Gasteiger partial charge on any atom is -0.330 e. The summed E-state index contributed by atoms with van der Waals surface area (Å²) in [5.41, 5.74) is 8.73. The normalized spacial score (nSPS) is 13.9. The van der Waals surface area contributed by atoms with Crippen molar-refractivity contribution < 1.29 is 0 Å². The van der Waals surface area contributed by atoms with Crippen molar-refractivity contribution in [1.82, 2.24) is 4.90 Å². The lowest BCUT2D eigenvalue weighted by atomic mass is 9.77. The zero-order valence-corrected chi connectivity index (χ0v) is 12.5. The minimum atomic E-state index is 0.186. The maximum Gasteiger partial charge on any atom is 0.0393 e. The Morgan fingerprint density at radius 2 is 1.72 bits per heavy atom. The predicted molar refractivity (Wildman–Crippen MR) is 79.7 cm³/mol. The molecule has 0 heterocycles. The second kappa shape index (κ2) is 6.35.